The van der Waals surface area contributed by atoms with Crippen molar-refractivity contribution in [2.45, 2.75) is 19.8 Å². The van der Waals surface area contributed by atoms with E-state index in [-0.39, 0.29) is 12.5 Å². The van der Waals surface area contributed by atoms with E-state index in [0.717, 1.165) is 16.0 Å². The van der Waals surface area contributed by atoms with Crippen molar-refractivity contribution in [3.63, 3.8) is 0 Å². The van der Waals surface area contributed by atoms with Gasteiger partial charge in [0.1, 0.15) is 5.75 Å². The molecule has 2 aromatic rings. The van der Waals surface area contributed by atoms with Gasteiger partial charge in [-0.1, -0.05) is 11.3 Å². The molecule has 0 spiro atoms. The van der Waals surface area contributed by atoms with Crippen LogP contribution in [0.1, 0.15) is 19.8 Å². The van der Waals surface area contributed by atoms with Gasteiger partial charge in [-0.3, -0.25) is 4.79 Å². The van der Waals surface area contributed by atoms with Crippen molar-refractivity contribution >= 4 is 32.6 Å². The number of thiazole rings is 1. The Labute approximate surface area is 115 Å². The standard InChI is InChI=1S/C13H16N2O3S/c1-2-18-9-5-6-10-11(8-9)19-13(14-10)15-12(17)4-3-7-16/h5-6,8,16H,2-4,7H2,1H3,(H,14,15,17). The molecule has 0 bridgehead atoms. The van der Waals surface area contributed by atoms with E-state index in [1.807, 2.05) is 25.1 Å². The van der Waals surface area contributed by atoms with Crippen LogP contribution in [0.25, 0.3) is 10.2 Å². The first-order chi connectivity index (χ1) is 9.22. The van der Waals surface area contributed by atoms with Crippen molar-refractivity contribution in [2.24, 2.45) is 0 Å². The first-order valence-corrected chi connectivity index (χ1v) is 6.98. The van der Waals surface area contributed by atoms with Crippen LogP contribution >= 0.6 is 11.3 Å². The fourth-order valence-electron chi connectivity index (χ4n) is 1.64. The summed E-state index contributed by atoms with van der Waals surface area (Å²) in [5, 5.41) is 12.0. The topological polar surface area (TPSA) is 71.5 Å². The maximum atomic E-state index is 11.5. The lowest BCUT2D eigenvalue weighted by Gasteiger charge is -2.00. The Morgan fingerprint density at radius 3 is 3.11 bits per heavy atom. The molecule has 1 amide bonds. The molecule has 0 atom stereocenters. The molecule has 0 saturated carbocycles. The van der Waals surface area contributed by atoms with E-state index in [9.17, 15) is 4.79 Å². The van der Waals surface area contributed by atoms with Gasteiger partial charge in [0.05, 0.1) is 16.8 Å². The lowest BCUT2D eigenvalue weighted by atomic mass is 10.3. The molecule has 0 unspecified atom stereocenters. The summed E-state index contributed by atoms with van der Waals surface area (Å²) in [7, 11) is 0. The van der Waals surface area contributed by atoms with Crippen LogP contribution in [-0.4, -0.2) is 29.2 Å². The Morgan fingerprint density at radius 2 is 2.37 bits per heavy atom. The van der Waals surface area contributed by atoms with Crippen LogP contribution in [0, 0.1) is 0 Å². The number of carbonyl (C=O) groups is 1. The smallest absolute Gasteiger partial charge is 0.226 e. The molecule has 5 nitrogen and oxygen atoms in total. The molecule has 2 rings (SSSR count). The molecule has 0 aliphatic rings. The van der Waals surface area contributed by atoms with E-state index < -0.39 is 0 Å². The summed E-state index contributed by atoms with van der Waals surface area (Å²) in [5.41, 5.74) is 0.839. The third-order valence-electron chi connectivity index (χ3n) is 2.48. The molecule has 1 aromatic carbocycles. The minimum atomic E-state index is -0.127. The van der Waals surface area contributed by atoms with Crippen molar-refractivity contribution in [1.29, 1.82) is 0 Å². The highest BCUT2D eigenvalue weighted by Gasteiger charge is 2.08. The molecule has 102 valence electrons. The zero-order chi connectivity index (χ0) is 13.7. The Balaban J connectivity index is 2.10. The third-order valence-corrected chi connectivity index (χ3v) is 3.41. The van der Waals surface area contributed by atoms with Crippen molar-refractivity contribution in [2.75, 3.05) is 18.5 Å². The number of aliphatic hydroxyl groups excluding tert-OH is 1. The molecule has 2 N–H and O–H groups in total. The number of fused-ring (bicyclic) bond motifs is 1. The zero-order valence-electron chi connectivity index (χ0n) is 10.7. The minimum absolute atomic E-state index is 0.0188. The number of aromatic nitrogens is 1. The van der Waals surface area contributed by atoms with Gasteiger partial charge in [0.25, 0.3) is 0 Å². The summed E-state index contributed by atoms with van der Waals surface area (Å²) < 4.78 is 6.40. The van der Waals surface area contributed by atoms with Crippen LogP contribution < -0.4 is 10.1 Å². The van der Waals surface area contributed by atoms with Crippen molar-refractivity contribution in [1.82, 2.24) is 4.98 Å². The Bertz CT molecular complexity index is 568. The molecule has 0 saturated heterocycles. The van der Waals surface area contributed by atoms with E-state index in [4.69, 9.17) is 9.84 Å². The van der Waals surface area contributed by atoms with E-state index in [1.54, 1.807) is 0 Å². The van der Waals surface area contributed by atoms with Crippen LogP contribution in [0.5, 0.6) is 5.75 Å². The Hall–Kier alpha value is -1.66. The highest BCUT2D eigenvalue weighted by molar-refractivity contribution is 7.22. The van der Waals surface area contributed by atoms with Gasteiger partial charge in [0, 0.05) is 13.0 Å². The predicted molar refractivity (Wildman–Crippen MR) is 75.7 cm³/mol. The second-order valence-electron chi connectivity index (χ2n) is 3.96. The fraction of sp³-hybridized carbons (Fsp3) is 0.385. The number of hydrogen-bond acceptors (Lipinski definition) is 5. The number of benzene rings is 1. The Kier molecular flexibility index (Phi) is 4.70. The van der Waals surface area contributed by atoms with Crippen LogP contribution in [0.15, 0.2) is 18.2 Å². The van der Waals surface area contributed by atoms with Gasteiger partial charge in [0.2, 0.25) is 5.91 Å². The molecule has 1 aromatic heterocycles. The number of nitrogens with zero attached hydrogens (tertiary/aromatic N) is 1. The molecule has 1 heterocycles. The number of rotatable bonds is 6. The SMILES string of the molecule is CCOc1ccc2nc(NC(=O)CCCO)sc2c1. The number of aliphatic hydroxyl groups is 1. The molecule has 0 aliphatic carbocycles. The first kappa shape index (κ1) is 13.8. The van der Waals surface area contributed by atoms with E-state index in [0.29, 0.717) is 24.6 Å². The first-order valence-electron chi connectivity index (χ1n) is 6.17. The van der Waals surface area contributed by atoms with Crippen LogP contribution in [0.2, 0.25) is 0 Å². The number of anilines is 1. The summed E-state index contributed by atoms with van der Waals surface area (Å²) in [6.07, 6.45) is 0.766. The normalized spacial score (nSPS) is 10.6. The van der Waals surface area contributed by atoms with Gasteiger partial charge in [0.15, 0.2) is 5.13 Å². The highest BCUT2D eigenvalue weighted by Crippen LogP contribution is 2.29. The van der Waals surface area contributed by atoms with Gasteiger partial charge in [-0.15, -0.1) is 0 Å². The average molecular weight is 280 g/mol. The number of carbonyl (C=O) groups excluding carboxylic acids is 1. The number of hydrogen-bond donors (Lipinski definition) is 2. The summed E-state index contributed by atoms with van der Waals surface area (Å²) in [5.74, 6) is 0.676. The molecular weight excluding hydrogens is 264 g/mol. The quantitative estimate of drug-likeness (QED) is 0.852. The van der Waals surface area contributed by atoms with Crippen molar-refractivity contribution < 1.29 is 14.6 Å². The molecule has 0 radical (unpaired) electrons. The second kappa shape index (κ2) is 6.49. The number of nitrogens with one attached hydrogen (secondary N) is 1. The minimum Gasteiger partial charge on any atom is -0.494 e. The van der Waals surface area contributed by atoms with Crippen molar-refractivity contribution in [3.8, 4) is 5.75 Å². The molecule has 6 heteroatoms. The number of ether oxygens (including phenoxy) is 1. The van der Waals surface area contributed by atoms with Gasteiger partial charge in [-0.05, 0) is 31.5 Å². The average Bonchev–Trinajstić information content (AvgIpc) is 2.78. The summed E-state index contributed by atoms with van der Waals surface area (Å²) in [4.78, 5) is 15.9. The molecule has 0 aliphatic heterocycles. The highest BCUT2D eigenvalue weighted by atomic mass is 32.1. The fourth-order valence-corrected chi connectivity index (χ4v) is 2.55. The van der Waals surface area contributed by atoms with E-state index in [2.05, 4.69) is 10.3 Å². The van der Waals surface area contributed by atoms with Crippen LogP contribution in [0.4, 0.5) is 5.13 Å². The van der Waals surface area contributed by atoms with E-state index >= 15 is 0 Å². The van der Waals surface area contributed by atoms with Gasteiger partial charge < -0.3 is 15.2 Å². The lowest BCUT2D eigenvalue weighted by Crippen LogP contribution is -2.11. The monoisotopic (exact) mass is 280 g/mol. The summed E-state index contributed by atoms with van der Waals surface area (Å²) in [6.45, 7) is 2.57. The van der Waals surface area contributed by atoms with Crippen molar-refractivity contribution in [3.05, 3.63) is 18.2 Å². The van der Waals surface area contributed by atoms with Crippen LogP contribution in [-0.2, 0) is 4.79 Å². The van der Waals surface area contributed by atoms with Gasteiger partial charge in [-0.2, -0.15) is 0 Å². The summed E-state index contributed by atoms with van der Waals surface area (Å²) in [6, 6.07) is 5.66. The zero-order valence-corrected chi connectivity index (χ0v) is 11.5. The maximum Gasteiger partial charge on any atom is 0.226 e. The third kappa shape index (κ3) is 3.65. The largest absolute Gasteiger partial charge is 0.494 e. The summed E-state index contributed by atoms with van der Waals surface area (Å²) >= 11 is 1.41. The van der Waals surface area contributed by atoms with E-state index in [1.165, 1.54) is 11.3 Å². The molecular formula is C13H16N2O3S. The number of amides is 1. The lowest BCUT2D eigenvalue weighted by molar-refractivity contribution is -0.116. The maximum absolute atomic E-state index is 11.5. The van der Waals surface area contributed by atoms with Gasteiger partial charge in [-0.25, -0.2) is 4.98 Å². The molecule has 19 heavy (non-hydrogen) atoms. The second-order valence-corrected chi connectivity index (χ2v) is 4.99. The predicted octanol–water partition coefficient (Wildman–Crippen LogP) is 2.41. The van der Waals surface area contributed by atoms with Gasteiger partial charge >= 0.3 is 0 Å². The Morgan fingerprint density at radius 1 is 1.53 bits per heavy atom. The molecule has 0 fully saturated rings. The van der Waals surface area contributed by atoms with Crippen LogP contribution in [0.3, 0.4) is 0 Å².